The number of carbonyl (C=O) groups excluding carboxylic acids is 1. The Bertz CT molecular complexity index is 651. The lowest BCUT2D eigenvalue weighted by molar-refractivity contribution is 0.102. The number of ether oxygens (including phenoxy) is 1. The SMILES string of the molecule is COc1c(N)cccc1C(=O)Nc1cccc(C(C)C)c1. The first-order valence-corrected chi connectivity index (χ1v) is 6.86. The molecule has 0 spiro atoms. The van der Waals surface area contributed by atoms with Crippen molar-refractivity contribution in [1.29, 1.82) is 0 Å². The lowest BCUT2D eigenvalue weighted by Gasteiger charge is -2.12. The van der Waals surface area contributed by atoms with Crippen molar-refractivity contribution in [2.24, 2.45) is 0 Å². The largest absolute Gasteiger partial charge is 0.494 e. The number of anilines is 2. The van der Waals surface area contributed by atoms with E-state index in [2.05, 4.69) is 19.2 Å². The first-order chi connectivity index (χ1) is 10.0. The zero-order chi connectivity index (χ0) is 15.4. The second-order valence-corrected chi connectivity index (χ2v) is 5.16. The van der Waals surface area contributed by atoms with E-state index in [1.807, 2.05) is 24.3 Å². The van der Waals surface area contributed by atoms with Gasteiger partial charge >= 0.3 is 0 Å². The van der Waals surface area contributed by atoms with E-state index in [4.69, 9.17) is 10.5 Å². The number of nitrogens with two attached hydrogens (primary N) is 1. The van der Waals surface area contributed by atoms with Gasteiger partial charge in [0, 0.05) is 5.69 Å². The minimum atomic E-state index is -0.236. The van der Waals surface area contributed by atoms with Crippen molar-refractivity contribution in [2.75, 3.05) is 18.2 Å². The van der Waals surface area contributed by atoms with Gasteiger partial charge in [-0.2, -0.15) is 0 Å². The zero-order valence-electron chi connectivity index (χ0n) is 12.5. The van der Waals surface area contributed by atoms with E-state index >= 15 is 0 Å². The molecule has 0 unspecified atom stereocenters. The summed E-state index contributed by atoms with van der Waals surface area (Å²) in [4.78, 5) is 12.4. The van der Waals surface area contributed by atoms with Gasteiger partial charge in [-0.15, -0.1) is 0 Å². The summed E-state index contributed by atoms with van der Waals surface area (Å²) in [6.45, 7) is 4.23. The maximum absolute atomic E-state index is 12.4. The summed E-state index contributed by atoms with van der Waals surface area (Å²) in [6.07, 6.45) is 0. The van der Waals surface area contributed by atoms with E-state index in [-0.39, 0.29) is 5.91 Å². The maximum Gasteiger partial charge on any atom is 0.259 e. The molecular formula is C17H20N2O2. The van der Waals surface area contributed by atoms with Crippen LogP contribution in [0.5, 0.6) is 5.75 Å². The highest BCUT2D eigenvalue weighted by atomic mass is 16.5. The Hall–Kier alpha value is -2.49. The van der Waals surface area contributed by atoms with Gasteiger partial charge in [0.05, 0.1) is 18.4 Å². The second kappa shape index (κ2) is 6.31. The van der Waals surface area contributed by atoms with Crippen molar-refractivity contribution in [1.82, 2.24) is 0 Å². The Balaban J connectivity index is 2.26. The van der Waals surface area contributed by atoms with Gasteiger partial charge in [-0.05, 0) is 35.7 Å². The fourth-order valence-electron chi connectivity index (χ4n) is 2.14. The number of benzene rings is 2. The molecule has 0 aliphatic carbocycles. The molecule has 2 aromatic rings. The third kappa shape index (κ3) is 3.34. The molecule has 0 saturated heterocycles. The number of hydrogen-bond acceptors (Lipinski definition) is 3. The lowest BCUT2D eigenvalue weighted by atomic mass is 10.0. The van der Waals surface area contributed by atoms with Crippen LogP contribution in [0.4, 0.5) is 11.4 Å². The average molecular weight is 284 g/mol. The van der Waals surface area contributed by atoms with Crippen LogP contribution < -0.4 is 15.8 Å². The Morgan fingerprint density at radius 1 is 1.19 bits per heavy atom. The summed E-state index contributed by atoms with van der Waals surface area (Å²) in [5.74, 6) is 0.568. The maximum atomic E-state index is 12.4. The van der Waals surface area contributed by atoms with Crippen LogP contribution in [-0.2, 0) is 0 Å². The van der Waals surface area contributed by atoms with Crippen LogP contribution in [0.25, 0.3) is 0 Å². The number of nitrogen functional groups attached to an aromatic ring is 1. The van der Waals surface area contributed by atoms with Crippen molar-refractivity contribution >= 4 is 17.3 Å². The van der Waals surface area contributed by atoms with Gasteiger partial charge in [0.2, 0.25) is 0 Å². The van der Waals surface area contributed by atoms with Crippen LogP contribution in [-0.4, -0.2) is 13.0 Å². The molecule has 4 heteroatoms. The van der Waals surface area contributed by atoms with Crippen LogP contribution in [0.15, 0.2) is 42.5 Å². The van der Waals surface area contributed by atoms with Crippen LogP contribution >= 0.6 is 0 Å². The summed E-state index contributed by atoms with van der Waals surface area (Å²) in [6, 6.07) is 12.9. The van der Waals surface area contributed by atoms with Gasteiger partial charge in [0.25, 0.3) is 5.91 Å². The van der Waals surface area contributed by atoms with Gasteiger partial charge < -0.3 is 15.8 Å². The molecule has 0 radical (unpaired) electrons. The normalized spacial score (nSPS) is 10.5. The third-order valence-electron chi connectivity index (χ3n) is 3.31. The molecule has 0 saturated carbocycles. The highest BCUT2D eigenvalue weighted by Gasteiger charge is 2.14. The Kier molecular flexibility index (Phi) is 4.48. The Labute approximate surface area is 124 Å². The van der Waals surface area contributed by atoms with Gasteiger partial charge in [0.1, 0.15) is 0 Å². The van der Waals surface area contributed by atoms with Crippen molar-refractivity contribution in [2.45, 2.75) is 19.8 Å². The molecule has 0 aliphatic heterocycles. The van der Waals surface area contributed by atoms with E-state index in [0.29, 0.717) is 22.9 Å². The molecule has 0 aromatic heterocycles. The van der Waals surface area contributed by atoms with Crippen LogP contribution in [0.3, 0.4) is 0 Å². The zero-order valence-corrected chi connectivity index (χ0v) is 12.5. The molecule has 0 fully saturated rings. The van der Waals surface area contributed by atoms with E-state index in [1.165, 1.54) is 12.7 Å². The highest BCUT2D eigenvalue weighted by Crippen LogP contribution is 2.27. The first kappa shape index (κ1) is 14.9. The van der Waals surface area contributed by atoms with Crippen molar-refractivity contribution < 1.29 is 9.53 Å². The van der Waals surface area contributed by atoms with Gasteiger partial charge in [0.15, 0.2) is 5.75 Å². The lowest BCUT2D eigenvalue weighted by Crippen LogP contribution is -2.14. The predicted octanol–water partition coefficient (Wildman–Crippen LogP) is 3.65. The molecular weight excluding hydrogens is 264 g/mol. The quantitative estimate of drug-likeness (QED) is 0.842. The Morgan fingerprint density at radius 3 is 2.57 bits per heavy atom. The van der Waals surface area contributed by atoms with Crippen LogP contribution in [0.1, 0.15) is 35.7 Å². The number of hydrogen-bond donors (Lipinski definition) is 2. The molecule has 0 bridgehead atoms. The van der Waals surface area contributed by atoms with Crippen LogP contribution in [0, 0.1) is 0 Å². The van der Waals surface area contributed by atoms with Crippen LogP contribution in [0.2, 0.25) is 0 Å². The van der Waals surface area contributed by atoms with Gasteiger partial charge in [-0.3, -0.25) is 4.79 Å². The highest BCUT2D eigenvalue weighted by molar-refractivity contribution is 6.07. The molecule has 4 nitrogen and oxygen atoms in total. The van der Waals surface area contributed by atoms with E-state index < -0.39 is 0 Å². The second-order valence-electron chi connectivity index (χ2n) is 5.16. The standard InChI is InChI=1S/C17H20N2O2/c1-11(2)12-6-4-7-13(10-12)19-17(20)14-8-5-9-15(18)16(14)21-3/h4-11H,18H2,1-3H3,(H,19,20). The summed E-state index contributed by atoms with van der Waals surface area (Å²) >= 11 is 0. The number of rotatable bonds is 4. The fourth-order valence-corrected chi connectivity index (χ4v) is 2.14. The number of methoxy groups -OCH3 is 1. The number of para-hydroxylation sites is 1. The van der Waals surface area contributed by atoms with E-state index in [1.54, 1.807) is 18.2 Å². The van der Waals surface area contributed by atoms with E-state index in [0.717, 1.165) is 5.69 Å². The summed E-state index contributed by atoms with van der Waals surface area (Å²) in [5, 5.41) is 2.88. The predicted molar refractivity (Wildman–Crippen MR) is 85.9 cm³/mol. The monoisotopic (exact) mass is 284 g/mol. The minimum Gasteiger partial charge on any atom is -0.494 e. The molecule has 0 atom stereocenters. The molecule has 21 heavy (non-hydrogen) atoms. The van der Waals surface area contributed by atoms with E-state index in [9.17, 15) is 4.79 Å². The Morgan fingerprint density at radius 2 is 1.90 bits per heavy atom. The molecule has 0 aliphatic rings. The topological polar surface area (TPSA) is 64.3 Å². The average Bonchev–Trinajstić information content (AvgIpc) is 2.47. The molecule has 1 amide bonds. The van der Waals surface area contributed by atoms with Crippen molar-refractivity contribution in [3.63, 3.8) is 0 Å². The molecule has 0 heterocycles. The number of carbonyl (C=O) groups is 1. The smallest absolute Gasteiger partial charge is 0.259 e. The first-order valence-electron chi connectivity index (χ1n) is 6.86. The molecule has 3 N–H and O–H groups in total. The number of amides is 1. The van der Waals surface area contributed by atoms with Crippen molar-refractivity contribution in [3.8, 4) is 5.75 Å². The molecule has 110 valence electrons. The fraction of sp³-hybridized carbons (Fsp3) is 0.235. The van der Waals surface area contributed by atoms with Gasteiger partial charge in [-0.1, -0.05) is 32.0 Å². The van der Waals surface area contributed by atoms with Crippen molar-refractivity contribution in [3.05, 3.63) is 53.6 Å². The third-order valence-corrected chi connectivity index (χ3v) is 3.31. The molecule has 2 rings (SSSR count). The molecule has 2 aromatic carbocycles. The summed E-state index contributed by atoms with van der Waals surface area (Å²) in [5.41, 5.74) is 8.62. The number of nitrogens with one attached hydrogen (secondary N) is 1. The summed E-state index contributed by atoms with van der Waals surface area (Å²) in [7, 11) is 1.50. The van der Waals surface area contributed by atoms with Gasteiger partial charge in [-0.25, -0.2) is 0 Å². The minimum absolute atomic E-state index is 0.236. The summed E-state index contributed by atoms with van der Waals surface area (Å²) < 4.78 is 5.21.